The van der Waals surface area contributed by atoms with E-state index in [1.807, 2.05) is 6.07 Å². The van der Waals surface area contributed by atoms with Crippen LogP contribution in [-0.4, -0.2) is 18.2 Å². The van der Waals surface area contributed by atoms with Gasteiger partial charge in [-0.15, -0.1) is 0 Å². The molecule has 0 aromatic heterocycles. The largest absolute Gasteiger partial charge is 0.299 e. The maximum atomic E-state index is 5.59. The van der Waals surface area contributed by atoms with Crippen LogP contribution in [0, 0.1) is 5.92 Å². The molecule has 76 valence electrons. The van der Waals surface area contributed by atoms with E-state index in [2.05, 4.69) is 36.3 Å². The van der Waals surface area contributed by atoms with Gasteiger partial charge in [0.15, 0.2) is 0 Å². The Bertz CT molecular complexity index is 273. The summed E-state index contributed by atoms with van der Waals surface area (Å²) in [6, 6.07) is 10.5. The highest BCUT2D eigenvalue weighted by atomic mass is 16.7. The maximum absolute atomic E-state index is 5.59. The van der Waals surface area contributed by atoms with Gasteiger partial charge in [-0.25, -0.2) is 0 Å². The summed E-state index contributed by atoms with van der Waals surface area (Å²) in [7, 11) is 0. The Balaban J connectivity index is 1.91. The zero-order valence-corrected chi connectivity index (χ0v) is 8.65. The number of rotatable bonds is 2. The fraction of sp³-hybridized carbons (Fsp3) is 0.500. The molecule has 1 aliphatic heterocycles. The number of benzene rings is 1. The first-order chi connectivity index (χ1) is 6.84. The predicted molar refractivity (Wildman–Crippen MR) is 56.6 cm³/mol. The predicted octanol–water partition coefficient (Wildman–Crippen LogP) is 2.46. The van der Waals surface area contributed by atoms with Crippen molar-refractivity contribution in [1.82, 2.24) is 5.06 Å². The van der Waals surface area contributed by atoms with Gasteiger partial charge in [-0.2, -0.15) is 5.06 Å². The molecule has 0 amide bonds. The van der Waals surface area contributed by atoms with Gasteiger partial charge in [-0.1, -0.05) is 37.3 Å². The van der Waals surface area contributed by atoms with Crippen molar-refractivity contribution in [2.75, 3.05) is 13.2 Å². The zero-order valence-electron chi connectivity index (χ0n) is 8.65. The summed E-state index contributed by atoms with van der Waals surface area (Å²) in [5, 5.41) is 2.07. The lowest BCUT2D eigenvalue weighted by Gasteiger charge is -2.30. The molecule has 0 bridgehead atoms. The summed E-state index contributed by atoms with van der Waals surface area (Å²) in [5.74, 6) is 0.757. The van der Waals surface area contributed by atoms with Crippen molar-refractivity contribution in [2.24, 2.45) is 5.92 Å². The second-order valence-corrected chi connectivity index (χ2v) is 4.04. The monoisotopic (exact) mass is 191 g/mol. The van der Waals surface area contributed by atoms with Gasteiger partial charge in [-0.05, 0) is 17.9 Å². The van der Waals surface area contributed by atoms with Crippen molar-refractivity contribution in [3.05, 3.63) is 35.9 Å². The van der Waals surface area contributed by atoms with Crippen LogP contribution in [0.2, 0.25) is 0 Å². The zero-order chi connectivity index (χ0) is 9.80. The van der Waals surface area contributed by atoms with Crippen LogP contribution in [0.4, 0.5) is 0 Å². The minimum absolute atomic E-state index is 0.757. The Labute approximate surface area is 85.4 Å². The lowest BCUT2D eigenvalue weighted by atomic mass is 10.1. The van der Waals surface area contributed by atoms with Crippen molar-refractivity contribution in [3.8, 4) is 0 Å². The molecule has 1 atom stereocenters. The fourth-order valence-electron chi connectivity index (χ4n) is 1.77. The molecule has 1 unspecified atom stereocenters. The van der Waals surface area contributed by atoms with Gasteiger partial charge >= 0.3 is 0 Å². The molecule has 0 radical (unpaired) electrons. The van der Waals surface area contributed by atoms with Crippen molar-refractivity contribution in [3.63, 3.8) is 0 Å². The topological polar surface area (TPSA) is 12.5 Å². The Morgan fingerprint density at radius 1 is 1.36 bits per heavy atom. The summed E-state index contributed by atoms with van der Waals surface area (Å²) in [4.78, 5) is 5.59. The first-order valence-electron chi connectivity index (χ1n) is 5.26. The average molecular weight is 191 g/mol. The lowest BCUT2D eigenvalue weighted by molar-refractivity contribution is -0.199. The van der Waals surface area contributed by atoms with Crippen LogP contribution in [-0.2, 0) is 11.4 Å². The van der Waals surface area contributed by atoms with Gasteiger partial charge in [0.25, 0.3) is 0 Å². The highest BCUT2D eigenvalue weighted by molar-refractivity contribution is 5.14. The molecule has 1 aromatic rings. The average Bonchev–Trinajstić information content (AvgIpc) is 2.19. The number of hydroxylamine groups is 2. The lowest BCUT2D eigenvalue weighted by Crippen LogP contribution is -2.34. The minimum atomic E-state index is 0.757. The van der Waals surface area contributed by atoms with Gasteiger partial charge in [0.2, 0.25) is 0 Å². The Kier molecular flexibility index (Phi) is 3.17. The summed E-state index contributed by atoms with van der Waals surface area (Å²) >= 11 is 0. The van der Waals surface area contributed by atoms with Crippen molar-refractivity contribution < 1.29 is 4.84 Å². The standard InChI is InChI=1S/C12H17NO/c1-11-7-8-14-13(9-11)10-12-5-3-2-4-6-12/h2-6,11H,7-10H2,1H3. The number of hydrogen-bond donors (Lipinski definition) is 0. The maximum Gasteiger partial charge on any atom is 0.0688 e. The van der Waals surface area contributed by atoms with Crippen LogP contribution >= 0.6 is 0 Å². The highest BCUT2D eigenvalue weighted by Crippen LogP contribution is 2.15. The Hall–Kier alpha value is -0.860. The minimum Gasteiger partial charge on any atom is -0.299 e. The van der Waals surface area contributed by atoms with Gasteiger partial charge in [0, 0.05) is 13.1 Å². The molecule has 0 saturated carbocycles. The van der Waals surface area contributed by atoms with E-state index < -0.39 is 0 Å². The van der Waals surface area contributed by atoms with E-state index >= 15 is 0 Å². The van der Waals surface area contributed by atoms with Gasteiger partial charge in [-0.3, -0.25) is 4.84 Å². The quantitative estimate of drug-likeness (QED) is 0.712. The van der Waals surface area contributed by atoms with E-state index in [4.69, 9.17) is 4.84 Å². The molecule has 1 fully saturated rings. The molecule has 2 rings (SSSR count). The number of hydrogen-bond acceptors (Lipinski definition) is 2. The fourth-order valence-corrected chi connectivity index (χ4v) is 1.77. The van der Waals surface area contributed by atoms with E-state index in [1.165, 1.54) is 12.0 Å². The first kappa shape index (κ1) is 9.69. The summed E-state index contributed by atoms with van der Waals surface area (Å²) in [5.41, 5.74) is 1.32. The molecule has 2 nitrogen and oxygen atoms in total. The smallest absolute Gasteiger partial charge is 0.0688 e. The molecular weight excluding hydrogens is 174 g/mol. The van der Waals surface area contributed by atoms with Crippen molar-refractivity contribution >= 4 is 0 Å². The number of nitrogens with zero attached hydrogens (tertiary/aromatic N) is 1. The van der Waals surface area contributed by atoms with Crippen LogP contribution in [0.5, 0.6) is 0 Å². The molecule has 1 heterocycles. The summed E-state index contributed by atoms with van der Waals surface area (Å²) < 4.78 is 0. The van der Waals surface area contributed by atoms with Gasteiger partial charge < -0.3 is 0 Å². The molecule has 0 aliphatic carbocycles. The molecule has 1 aliphatic rings. The normalized spacial score (nSPS) is 23.6. The molecule has 0 N–H and O–H groups in total. The third kappa shape index (κ3) is 2.56. The van der Waals surface area contributed by atoms with E-state index in [9.17, 15) is 0 Å². The third-order valence-electron chi connectivity index (χ3n) is 2.60. The SMILES string of the molecule is CC1CCON(Cc2ccccc2)C1. The molecular formula is C12H17NO. The van der Waals surface area contributed by atoms with Crippen LogP contribution < -0.4 is 0 Å². The van der Waals surface area contributed by atoms with Gasteiger partial charge in [0.1, 0.15) is 0 Å². The van der Waals surface area contributed by atoms with Crippen LogP contribution in [0.1, 0.15) is 18.9 Å². The van der Waals surface area contributed by atoms with Crippen molar-refractivity contribution in [2.45, 2.75) is 19.9 Å². The van der Waals surface area contributed by atoms with Crippen molar-refractivity contribution in [1.29, 1.82) is 0 Å². The molecule has 1 saturated heterocycles. The molecule has 14 heavy (non-hydrogen) atoms. The first-order valence-corrected chi connectivity index (χ1v) is 5.26. The Morgan fingerprint density at radius 3 is 2.86 bits per heavy atom. The molecule has 0 spiro atoms. The molecule has 2 heteroatoms. The van der Waals surface area contributed by atoms with Gasteiger partial charge in [0.05, 0.1) is 6.61 Å². The van der Waals surface area contributed by atoms with Crippen LogP contribution in [0.3, 0.4) is 0 Å². The highest BCUT2D eigenvalue weighted by Gasteiger charge is 2.16. The van der Waals surface area contributed by atoms with E-state index in [1.54, 1.807) is 0 Å². The van der Waals surface area contributed by atoms with Crippen LogP contribution in [0.25, 0.3) is 0 Å². The summed E-state index contributed by atoms with van der Waals surface area (Å²) in [6.45, 7) is 5.11. The molecule has 1 aromatic carbocycles. The second-order valence-electron chi connectivity index (χ2n) is 4.04. The van der Waals surface area contributed by atoms with E-state index in [0.717, 1.165) is 25.6 Å². The van der Waals surface area contributed by atoms with E-state index in [-0.39, 0.29) is 0 Å². The summed E-state index contributed by atoms with van der Waals surface area (Å²) in [6.07, 6.45) is 1.19. The Morgan fingerprint density at radius 2 is 2.14 bits per heavy atom. The van der Waals surface area contributed by atoms with Crippen LogP contribution in [0.15, 0.2) is 30.3 Å². The third-order valence-corrected chi connectivity index (χ3v) is 2.60. The van der Waals surface area contributed by atoms with E-state index in [0.29, 0.717) is 0 Å². The second kappa shape index (κ2) is 4.58.